The van der Waals surface area contributed by atoms with Gasteiger partial charge in [-0.25, -0.2) is 0 Å². The number of aromatic hydroxyl groups is 2. The van der Waals surface area contributed by atoms with Gasteiger partial charge in [0.25, 0.3) is 0 Å². The second-order valence-electron chi connectivity index (χ2n) is 7.76. The van der Waals surface area contributed by atoms with Crippen molar-refractivity contribution in [3.8, 4) is 17.2 Å². The SMILES string of the molecule is CC(=O)OC[C@H]1O[C@@H](OCCCOc2cccc(O)c2O)[C@H](OC(C)=O)[C@@H](OC(C)=O)[C@@H]1OC(C)=O. The predicted octanol–water partition coefficient (Wildman–Crippen LogP) is 0.966. The van der Waals surface area contributed by atoms with Crippen LogP contribution in [-0.4, -0.2) is 84.6 Å². The number of carbonyl (C=O) groups excluding carboxylic acids is 4. The van der Waals surface area contributed by atoms with Crippen LogP contribution in [0.1, 0.15) is 34.1 Å². The summed E-state index contributed by atoms with van der Waals surface area (Å²) in [7, 11) is 0. The van der Waals surface area contributed by atoms with Gasteiger partial charge in [0, 0.05) is 34.1 Å². The van der Waals surface area contributed by atoms with E-state index < -0.39 is 60.3 Å². The molecule has 1 aromatic rings. The van der Waals surface area contributed by atoms with Crippen LogP contribution in [0.3, 0.4) is 0 Å². The maximum Gasteiger partial charge on any atom is 0.303 e. The Balaban J connectivity index is 2.15. The Labute approximate surface area is 207 Å². The summed E-state index contributed by atoms with van der Waals surface area (Å²) in [5, 5.41) is 19.3. The third kappa shape index (κ3) is 8.57. The molecule has 2 rings (SSSR count). The van der Waals surface area contributed by atoms with Crippen molar-refractivity contribution in [2.24, 2.45) is 0 Å². The number of para-hydroxylation sites is 1. The van der Waals surface area contributed by atoms with Crippen molar-refractivity contribution in [1.82, 2.24) is 0 Å². The molecule has 0 saturated carbocycles. The van der Waals surface area contributed by atoms with Crippen molar-refractivity contribution >= 4 is 23.9 Å². The summed E-state index contributed by atoms with van der Waals surface area (Å²) in [5.41, 5.74) is 0. The number of rotatable bonds is 11. The molecule has 0 aromatic heterocycles. The normalized spacial score (nSPS) is 23.3. The van der Waals surface area contributed by atoms with E-state index in [4.69, 9.17) is 33.2 Å². The van der Waals surface area contributed by atoms with Crippen LogP contribution in [0.4, 0.5) is 0 Å². The number of esters is 4. The number of ether oxygens (including phenoxy) is 7. The average molecular weight is 514 g/mol. The Kier molecular flexibility index (Phi) is 10.7. The summed E-state index contributed by atoms with van der Waals surface area (Å²) < 4.78 is 37.9. The summed E-state index contributed by atoms with van der Waals surface area (Å²) in [6, 6.07) is 4.27. The maximum absolute atomic E-state index is 11.8. The second-order valence-corrected chi connectivity index (χ2v) is 7.76. The highest BCUT2D eigenvalue weighted by atomic mass is 16.7. The van der Waals surface area contributed by atoms with Gasteiger partial charge in [-0.3, -0.25) is 19.2 Å². The Hall–Kier alpha value is -3.58. The van der Waals surface area contributed by atoms with Gasteiger partial charge in [-0.2, -0.15) is 0 Å². The highest BCUT2D eigenvalue weighted by molar-refractivity contribution is 5.68. The van der Waals surface area contributed by atoms with E-state index in [1.807, 2.05) is 0 Å². The van der Waals surface area contributed by atoms with Crippen molar-refractivity contribution in [1.29, 1.82) is 0 Å². The second kappa shape index (κ2) is 13.5. The molecule has 13 nitrogen and oxygen atoms in total. The predicted molar refractivity (Wildman–Crippen MR) is 118 cm³/mol. The minimum atomic E-state index is -1.32. The molecule has 1 aliphatic rings. The maximum atomic E-state index is 11.8. The average Bonchev–Trinajstić information content (AvgIpc) is 2.77. The van der Waals surface area contributed by atoms with E-state index in [0.29, 0.717) is 0 Å². The summed E-state index contributed by atoms with van der Waals surface area (Å²) in [6.45, 7) is 4.25. The van der Waals surface area contributed by atoms with Gasteiger partial charge in [-0.1, -0.05) is 6.07 Å². The van der Waals surface area contributed by atoms with Gasteiger partial charge in [-0.15, -0.1) is 0 Å². The quantitative estimate of drug-likeness (QED) is 0.185. The molecule has 0 aliphatic carbocycles. The zero-order valence-corrected chi connectivity index (χ0v) is 20.3. The van der Waals surface area contributed by atoms with Crippen molar-refractivity contribution in [2.45, 2.75) is 64.8 Å². The molecule has 200 valence electrons. The standard InChI is InChI=1S/C23H30O13/c1-12(24)32-11-18-20(33-13(2)25)21(34-14(3)26)22(35-15(4)27)23(36-18)31-10-6-9-30-17-8-5-7-16(28)19(17)29/h5,7-8,18,20-23,28-29H,6,9-11H2,1-4H3/t18-,20-,21+,22-,23-/m1/s1. The molecule has 0 radical (unpaired) electrons. The van der Waals surface area contributed by atoms with E-state index in [-0.39, 0.29) is 37.7 Å². The lowest BCUT2D eigenvalue weighted by atomic mass is 9.98. The van der Waals surface area contributed by atoms with Crippen molar-refractivity contribution in [2.75, 3.05) is 19.8 Å². The zero-order valence-electron chi connectivity index (χ0n) is 20.3. The Bertz CT molecular complexity index is 931. The number of phenols is 2. The molecular weight excluding hydrogens is 484 g/mol. The fourth-order valence-electron chi connectivity index (χ4n) is 3.39. The lowest BCUT2D eigenvalue weighted by Gasteiger charge is -2.44. The van der Waals surface area contributed by atoms with Gasteiger partial charge in [-0.05, 0) is 12.1 Å². The molecule has 36 heavy (non-hydrogen) atoms. The monoisotopic (exact) mass is 514 g/mol. The zero-order chi connectivity index (χ0) is 26.8. The molecule has 1 aliphatic heterocycles. The third-order valence-corrected chi connectivity index (χ3v) is 4.75. The molecule has 0 amide bonds. The number of phenolic OH excluding ortho intramolecular Hbond substituents is 2. The topological polar surface area (TPSA) is 173 Å². The Morgan fingerprint density at radius 2 is 1.44 bits per heavy atom. The number of carbonyl (C=O) groups is 4. The Morgan fingerprint density at radius 3 is 2.06 bits per heavy atom. The fraction of sp³-hybridized carbons (Fsp3) is 0.565. The number of benzene rings is 1. The molecule has 1 fully saturated rings. The van der Waals surface area contributed by atoms with E-state index in [0.717, 1.165) is 20.8 Å². The van der Waals surface area contributed by atoms with Gasteiger partial charge >= 0.3 is 23.9 Å². The van der Waals surface area contributed by atoms with Gasteiger partial charge in [0.05, 0.1) is 13.2 Å². The van der Waals surface area contributed by atoms with Crippen molar-refractivity contribution in [3.63, 3.8) is 0 Å². The van der Waals surface area contributed by atoms with Gasteiger partial charge in [0.1, 0.15) is 12.7 Å². The van der Waals surface area contributed by atoms with E-state index in [2.05, 4.69) is 0 Å². The Morgan fingerprint density at radius 1 is 0.833 bits per heavy atom. The number of hydrogen-bond acceptors (Lipinski definition) is 13. The van der Waals surface area contributed by atoms with Crippen LogP contribution in [0.2, 0.25) is 0 Å². The van der Waals surface area contributed by atoms with Crippen molar-refractivity contribution < 1.29 is 62.5 Å². The van der Waals surface area contributed by atoms with E-state index in [1.165, 1.54) is 25.1 Å². The van der Waals surface area contributed by atoms with Crippen molar-refractivity contribution in [3.05, 3.63) is 18.2 Å². The summed E-state index contributed by atoms with van der Waals surface area (Å²) >= 11 is 0. The molecule has 0 spiro atoms. The van der Waals surface area contributed by atoms with Crippen LogP contribution in [0, 0.1) is 0 Å². The summed E-state index contributed by atoms with van der Waals surface area (Å²) in [5.74, 6) is -3.52. The first-order valence-corrected chi connectivity index (χ1v) is 11.1. The van der Waals surface area contributed by atoms with Crippen LogP contribution >= 0.6 is 0 Å². The summed E-state index contributed by atoms with van der Waals surface area (Å²) in [6.07, 6.45) is -6.05. The van der Waals surface area contributed by atoms with Crippen LogP contribution < -0.4 is 4.74 Å². The minimum absolute atomic E-state index is 0.00663. The van der Waals surface area contributed by atoms with E-state index in [1.54, 1.807) is 0 Å². The summed E-state index contributed by atoms with van der Waals surface area (Å²) in [4.78, 5) is 46.7. The molecule has 1 aromatic carbocycles. The molecule has 0 bridgehead atoms. The number of hydrogen-bond donors (Lipinski definition) is 2. The van der Waals surface area contributed by atoms with Gasteiger partial charge in [0.2, 0.25) is 5.75 Å². The molecule has 2 N–H and O–H groups in total. The first kappa shape index (κ1) is 28.7. The first-order valence-electron chi connectivity index (χ1n) is 11.1. The largest absolute Gasteiger partial charge is 0.504 e. The molecule has 1 saturated heterocycles. The van der Waals surface area contributed by atoms with E-state index >= 15 is 0 Å². The van der Waals surface area contributed by atoms with Gasteiger partial charge < -0.3 is 43.4 Å². The van der Waals surface area contributed by atoms with Gasteiger partial charge in [0.15, 0.2) is 36.1 Å². The minimum Gasteiger partial charge on any atom is -0.504 e. The molecule has 5 atom stereocenters. The highest BCUT2D eigenvalue weighted by Crippen LogP contribution is 2.34. The van der Waals surface area contributed by atoms with Crippen LogP contribution in [0.5, 0.6) is 17.2 Å². The molecule has 13 heteroatoms. The highest BCUT2D eigenvalue weighted by Gasteiger charge is 2.52. The van der Waals surface area contributed by atoms with Crippen LogP contribution in [0.25, 0.3) is 0 Å². The first-order chi connectivity index (χ1) is 17.0. The molecular formula is C23H30O13. The lowest BCUT2D eigenvalue weighted by Crippen LogP contribution is -2.63. The third-order valence-electron chi connectivity index (χ3n) is 4.75. The molecule has 1 heterocycles. The van der Waals surface area contributed by atoms with E-state index in [9.17, 15) is 29.4 Å². The fourth-order valence-corrected chi connectivity index (χ4v) is 3.39. The van der Waals surface area contributed by atoms with Crippen LogP contribution in [-0.2, 0) is 47.6 Å². The molecule has 0 unspecified atom stereocenters. The smallest absolute Gasteiger partial charge is 0.303 e. The lowest BCUT2D eigenvalue weighted by molar-refractivity contribution is -0.308. The van der Waals surface area contributed by atoms with Crippen LogP contribution in [0.15, 0.2) is 18.2 Å².